The van der Waals surface area contributed by atoms with E-state index in [9.17, 15) is 14.4 Å². The Morgan fingerprint density at radius 3 is 2.45 bits per heavy atom. The van der Waals surface area contributed by atoms with Gasteiger partial charge >= 0.3 is 5.97 Å². The molecule has 0 radical (unpaired) electrons. The van der Waals surface area contributed by atoms with E-state index in [1.165, 1.54) is 13.5 Å². The number of hydrogen-bond acceptors (Lipinski definition) is 4. The van der Waals surface area contributed by atoms with E-state index >= 15 is 0 Å². The van der Waals surface area contributed by atoms with Crippen LogP contribution >= 0.6 is 0 Å². The van der Waals surface area contributed by atoms with Gasteiger partial charge in [-0.1, -0.05) is 31.4 Å². The van der Waals surface area contributed by atoms with E-state index < -0.39 is 5.97 Å². The van der Waals surface area contributed by atoms with E-state index in [4.69, 9.17) is 0 Å². The van der Waals surface area contributed by atoms with E-state index in [0.717, 1.165) is 31.2 Å². The minimum atomic E-state index is -0.433. The van der Waals surface area contributed by atoms with Gasteiger partial charge in [-0.25, -0.2) is 4.79 Å². The van der Waals surface area contributed by atoms with Crippen LogP contribution in [0.1, 0.15) is 68.7 Å². The van der Waals surface area contributed by atoms with Crippen LogP contribution in [-0.4, -0.2) is 35.8 Å². The maximum absolute atomic E-state index is 13.1. The zero-order valence-corrected chi connectivity index (χ0v) is 16.4. The molecule has 1 aliphatic heterocycles. The third kappa shape index (κ3) is 3.75. The van der Waals surface area contributed by atoms with E-state index in [1.54, 1.807) is 30.3 Å². The van der Waals surface area contributed by atoms with Gasteiger partial charge in [0, 0.05) is 18.3 Å². The van der Waals surface area contributed by atoms with Crippen molar-refractivity contribution in [2.45, 2.75) is 44.7 Å². The highest BCUT2D eigenvalue weighted by Gasteiger charge is 2.36. The summed E-state index contributed by atoms with van der Waals surface area (Å²) < 4.78 is 4.68. The molecule has 2 aliphatic rings. The van der Waals surface area contributed by atoms with Crippen LogP contribution in [0.4, 0.5) is 5.69 Å². The van der Waals surface area contributed by atoms with Crippen molar-refractivity contribution < 1.29 is 19.1 Å². The molecule has 1 saturated carbocycles. The Morgan fingerprint density at radius 1 is 1.03 bits per heavy atom. The maximum atomic E-state index is 13.1. The Balaban J connectivity index is 1.53. The standard InChI is InChI=1S/C23H24N2O4/c1-29-23(28)15-10-12-17(13-11-15)24-21(26)19-9-5-6-16-14-25(22(27)20(16)19)18-7-3-2-4-8-18/h5-6,9-13,18H,2-4,7-8,14H2,1H3,(H,24,26). The first kappa shape index (κ1) is 19.2. The van der Waals surface area contributed by atoms with Crippen LogP contribution in [-0.2, 0) is 11.3 Å². The molecule has 0 saturated heterocycles. The molecule has 2 aromatic rings. The number of fused-ring (bicyclic) bond motifs is 1. The third-order valence-electron chi connectivity index (χ3n) is 5.79. The molecule has 1 heterocycles. The number of methoxy groups -OCH3 is 1. The van der Waals surface area contributed by atoms with Crippen LogP contribution in [0.3, 0.4) is 0 Å². The lowest BCUT2D eigenvalue weighted by Crippen LogP contribution is -2.37. The minimum absolute atomic E-state index is 0.0429. The van der Waals surface area contributed by atoms with Crippen molar-refractivity contribution in [1.29, 1.82) is 0 Å². The number of amides is 2. The molecule has 1 aliphatic carbocycles. The van der Waals surface area contributed by atoms with Gasteiger partial charge in [-0.15, -0.1) is 0 Å². The molecule has 0 atom stereocenters. The van der Waals surface area contributed by atoms with Gasteiger partial charge in [-0.3, -0.25) is 9.59 Å². The van der Waals surface area contributed by atoms with Gasteiger partial charge in [-0.05, 0) is 48.7 Å². The van der Waals surface area contributed by atoms with Gasteiger partial charge in [0.05, 0.1) is 23.8 Å². The molecule has 4 rings (SSSR count). The van der Waals surface area contributed by atoms with Crippen LogP contribution in [0, 0.1) is 0 Å². The quantitative estimate of drug-likeness (QED) is 0.798. The monoisotopic (exact) mass is 392 g/mol. The van der Waals surface area contributed by atoms with Crippen molar-refractivity contribution in [3.63, 3.8) is 0 Å². The molecular formula is C23H24N2O4. The molecule has 6 heteroatoms. The number of anilines is 1. The highest BCUT2D eigenvalue weighted by molar-refractivity contribution is 6.13. The highest BCUT2D eigenvalue weighted by atomic mass is 16.5. The van der Waals surface area contributed by atoms with Crippen LogP contribution in [0.5, 0.6) is 0 Å². The average molecular weight is 392 g/mol. The summed E-state index contributed by atoms with van der Waals surface area (Å²) in [6.07, 6.45) is 5.61. The average Bonchev–Trinajstić information content (AvgIpc) is 3.11. The topological polar surface area (TPSA) is 75.7 Å². The van der Waals surface area contributed by atoms with Crippen LogP contribution in [0.2, 0.25) is 0 Å². The number of hydrogen-bond donors (Lipinski definition) is 1. The summed E-state index contributed by atoms with van der Waals surface area (Å²) in [4.78, 5) is 39.5. The fourth-order valence-corrected chi connectivity index (χ4v) is 4.27. The molecule has 29 heavy (non-hydrogen) atoms. The van der Waals surface area contributed by atoms with Crippen molar-refractivity contribution in [1.82, 2.24) is 4.90 Å². The first-order chi connectivity index (χ1) is 14.1. The molecule has 0 spiro atoms. The summed E-state index contributed by atoms with van der Waals surface area (Å²) >= 11 is 0. The molecule has 1 N–H and O–H groups in total. The van der Waals surface area contributed by atoms with Crippen LogP contribution < -0.4 is 5.32 Å². The third-order valence-corrected chi connectivity index (χ3v) is 5.79. The number of ether oxygens (including phenoxy) is 1. The fourth-order valence-electron chi connectivity index (χ4n) is 4.27. The molecule has 0 bridgehead atoms. The maximum Gasteiger partial charge on any atom is 0.337 e. The van der Waals surface area contributed by atoms with E-state index in [2.05, 4.69) is 10.1 Å². The van der Waals surface area contributed by atoms with E-state index in [1.807, 2.05) is 17.0 Å². The second-order valence-electron chi connectivity index (χ2n) is 7.59. The predicted octanol–water partition coefficient (Wildman–Crippen LogP) is 4.01. The molecule has 0 unspecified atom stereocenters. The summed E-state index contributed by atoms with van der Waals surface area (Å²) in [6.45, 7) is 0.577. The molecule has 1 fully saturated rings. The molecule has 6 nitrogen and oxygen atoms in total. The largest absolute Gasteiger partial charge is 0.465 e. The molecule has 2 amide bonds. The summed E-state index contributed by atoms with van der Waals surface area (Å²) in [6, 6.07) is 12.2. The van der Waals surface area contributed by atoms with Gasteiger partial charge in [0.1, 0.15) is 0 Å². The number of esters is 1. The van der Waals surface area contributed by atoms with Crippen molar-refractivity contribution >= 4 is 23.5 Å². The van der Waals surface area contributed by atoms with Crippen molar-refractivity contribution in [2.75, 3.05) is 12.4 Å². The Labute approximate surface area is 169 Å². The first-order valence-corrected chi connectivity index (χ1v) is 10.0. The van der Waals surface area contributed by atoms with Crippen LogP contribution in [0.25, 0.3) is 0 Å². The SMILES string of the molecule is COC(=O)c1ccc(NC(=O)c2cccc3c2C(=O)N(C2CCCCC2)C3)cc1. The molecular weight excluding hydrogens is 368 g/mol. The van der Waals surface area contributed by atoms with E-state index in [0.29, 0.717) is 28.9 Å². The Hall–Kier alpha value is -3.15. The fraction of sp³-hybridized carbons (Fsp3) is 0.348. The lowest BCUT2D eigenvalue weighted by molar-refractivity contribution is 0.0599. The Bertz CT molecular complexity index is 946. The smallest absolute Gasteiger partial charge is 0.337 e. The van der Waals surface area contributed by atoms with Gasteiger partial charge in [0.2, 0.25) is 0 Å². The number of carbonyl (C=O) groups is 3. The molecule has 0 aromatic heterocycles. The lowest BCUT2D eigenvalue weighted by Gasteiger charge is -2.30. The van der Waals surface area contributed by atoms with Crippen LogP contribution in [0.15, 0.2) is 42.5 Å². The predicted molar refractivity (Wildman–Crippen MR) is 109 cm³/mol. The first-order valence-electron chi connectivity index (χ1n) is 10.0. The highest BCUT2D eigenvalue weighted by Crippen LogP contribution is 2.32. The number of nitrogens with one attached hydrogen (secondary N) is 1. The summed E-state index contributed by atoms with van der Waals surface area (Å²) in [5.74, 6) is -0.803. The normalized spacial score (nSPS) is 16.4. The van der Waals surface area contributed by atoms with Gasteiger partial charge < -0.3 is 15.0 Å². The van der Waals surface area contributed by atoms with Crippen molar-refractivity contribution in [3.05, 3.63) is 64.7 Å². The van der Waals surface area contributed by atoms with Gasteiger partial charge in [0.15, 0.2) is 0 Å². The second kappa shape index (κ2) is 8.07. The number of benzene rings is 2. The number of nitrogens with zero attached hydrogens (tertiary/aromatic N) is 1. The van der Waals surface area contributed by atoms with Gasteiger partial charge in [0.25, 0.3) is 11.8 Å². The molecule has 2 aromatic carbocycles. The minimum Gasteiger partial charge on any atom is -0.465 e. The van der Waals surface area contributed by atoms with Crippen molar-refractivity contribution in [3.8, 4) is 0 Å². The zero-order chi connectivity index (χ0) is 20.4. The lowest BCUT2D eigenvalue weighted by atomic mass is 9.94. The Morgan fingerprint density at radius 2 is 1.76 bits per heavy atom. The second-order valence-corrected chi connectivity index (χ2v) is 7.59. The zero-order valence-electron chi connectivity index (χ0n) is 16.4. The summed E-state index contributed by atoms with van der Waals surface area (Å²) in [5.41, 5.74) is 2.78. The van der Waals surface area contributed by atoms with Gasteiger partial charge in [-0.2, -0.15) is 0 Å². The van der Waals surface area contributed by atoms with E-state index in [-0.39, 0.29) is 17.9 Å². The van der Waals surface area contributed by atoms with Crippen molar-refractivity contribution in [2.24, 2.45) is 0 Å². The Kier molecular flexibility index (Phi) is 5.34. The summed E-state index contributed by atoms with van der Waals surface area (Å²) in [5, 5.41) is 2.83. The molecule has 150 valence electrons. The summed E-state index contributed by atoms with van der Waals surface area (Å²) in [7, 11) is 1.32. The number of carbonyl (C=O) groups excluding carboxylic acids is 3. The number of rotatable bonds is 4.